The number of aromatic amines is 1. The molecule has 1 aliphatic heterocycles. The van der Waals surface area contributed by atoms with E-state index in [1.165, 1.54) is 4.31 Å². The molecule has 142 valence electrons. The van der Waals surface area contributed by atoms with Gasteiger partial charge in [0.1, 0.15) is 5.60 Å². The number of amides is 1. The van der Waals surface area contributed by atoms with E-state index in [2.05, 4.69) is 10.3 Å². The minimum atomic E-state index is -3.60. The summed E-state index contributed by atoms with van der Waals surface area (Å²) in [6.07, 6.45) is 1.90. The number of aromatic nitrogens is 1. The summed E-state index contributed by atoms with van der Waals surface area (Å²) in [7, 11) is -3.60. The lowest BCUT2D eigenvalue weighted by Crippen LogP contribution is -2.41. The number of hydrogen-bond acceptors (Lipinski definition) is 4. The van der Waals surface area contributed by atoms with Crippen LogP contribution in [0.15, 0.2) is 29.3 Å². The van der Waals surface area contributed by atoms with Gasteiger partial charge in [-0.25, -0.2) is 13.2 Å². The van der Waals surface area contributed by atoms with E-state index in [1.807, 2.05) is 13.1 Å². The maximum atomic E-state index is 12.9. The number of hydrogen-bond donors (Lipinski definition) is 2. The van der Waals surface area contributed by atoms with Crippen LogP contribution in [0.5, 0.6) is 0 Å². The number of alkyl carbamates (subject to hydrolysis) is 1. The van der Waals surface area contributed by atoms with Crippen LogP contribution < -0.4 is 5.32 Å². The van der Waals surface area contributed by atoms with Crippen molar-refractivity contribution in [2.24, 2.45) is 0 Å². The molecule has 2 N–H and O–H groups in total. The van der Waals surface area contributed by atoms with Gasteiger partial charge in [0.2, 0.25) is 10.0 Å². The van der Waals surface area contributed by atoms with Gasteiger partial charge in [-0.1, -0.05) is 0 Å². The molecular formula is C18H25N3O4S. The summed E-state index contributed by atoms with van der Waals surface area (Å²) < 4.78 is 32.5. The summed E-state index contributed by atoms with van der Waals surface area (Å²) >= 11 is 0. The standard InChI is InChI=1S/C18H25N3O4S/c1-12-10-19-16-6-5-14(9-15(12)16)26(23,24)21-8-7-13(11-21)20-17(22)25-18(2,3)4/h5-6,9-10,13,19H,7-8,11H2,1-4H3,(H,20,22)/t13-/m1/s1. The number of rotatable bonds is 3. The van der Waals surface area contributed by atoms with Crippen molar-refractivity contribution in [2.45, 2.75) is 50.7 Å². The first kappa shape index (κ1) is 18.7. The first-order valence-electron chi connectivity index (χ1n) is 8.64. The van der Waals surface area contributed by atoms with Gasteiger partial charge in [-0.3, -0.25) is 0 Å². The Bertz CT molecular complexity index is 928. The third-order valence-electron chi connectivity index (χ3n) is 4.37. The van der Waals surface area contributed by atoms with Gasteiger partial charge in [-0.05, 0) is 57.9 Å². The molecule has 1 amide bonds. The van der Waals surface area contributed by atoms with Crippen LogP contribution in [0.4, 0.5) is 4.79 Å². The van der Waals surface area contributed by atoms with E-state index in [1.54, 1.807) is 39.0 Å². The zero-order valence-electron chi connectivity index (χ0n) is 15.5. The number of nitrogens with one attached hydrogen (secondary N) is 2. The number of sulfonamides is 1. The number of aryl methyl sites for hydroxylation is 1. The fraction of sp³-hybridized carbons (Fsp3) is 0.500. The van der Waals surface area contributed by atoms with E-state index in [0.29, 0.717) is 13.0 Å². The maximum absolute atomic E-state index is 12.9. The van der Waals surface area contributed by atoms with Crippen molar-refractivity contribution in [2.75, 3.05) is 13.1 Å². The van der Waals surface area contributed by atoms with Gasteiger partial charge in [-0.2, -0.15) is 4.31 Å². The molecule has 1 saturated heterocycles. The molecule has 2 aromatic rings. The van der Waals surface area contributed by atoms with Crippen molar-refractivity contribution < 1.29 is 17.9 Å². The van der Waals surface area contributed by atoms with Gasteiger partial charge in [0.25, 0.3) is 0 Å². The minimum absolute atomic E-state index is 0.242. The predicted octanol–water partition coefficient (Wildman–Crippen LogP) is 2.76. The highest BCUT2D eigenvalue weighted by Crippen LogP contribution is 2.26. The Morgan fingerprint density at radius 2 is 2.08 bits per heavy atom. The number of carbonyl (C=O) groups excluding carboxylic acids is 1. The monoisotopic (exact) mass is 379 g/mol. The summed E-state index contributed by atoms with van der Waals surface area (Å²) in [5, 5.41) is 3.65. The smallest absolute Gasteiger partial charge is 0.407 e. The summed E-state index contributed by atoms with van der Waals surface area (Å²) in [6.45, 7) is 7.91. The summed E-state index contributed by atoms with van der Waals surface area (Å²) in [6, 6.07) is 4.84. The summed E-state index contributed by atoms with van der Waals surface area (Å²) in [4.78, 5) is 15.3. The van der Waals surface area contributed by atoms with E-state index < -0.39 is 21.7 Å². The Morgan fingerprint density at radius 3 is 2.77 bits per heavy atom. The lowest BCUT2D eigenvalue weighted by molar-refractivity contribution is 0.0507. The third kappa shape index (κ3) is 3.86. The van der Waals surface area contributed by atoms with Crippen molar-refractivity contribution in [1.29, 1.82) is 0 Å². The molecular weight excluding hydrogens is 354 g/mol. The van der Waals surface area contributed by atoms with Gasteiger partial charge in [-0.15, -0.1) is 0 Å². The number of benzene rings is 1. The fourth-order valence-corrected chi connectivity index (χ4v) is 4.61. The average Bonchev–Trinajstić information content (AvgIpc) is 3.13. The van der Waals surface area contributed by atoms with Crippen molar-refractivity contribution in [1.82, 2.24) is 14.6 Å². The zero-order valence-corrected chi connectivity index (χ0v) is 16.3. The van der Waals surface area contributed by atoms with Crippen LogP contribution >= 0.6 is 0 Å². The van der Waals surface area contributed by atoms with Crippen LogP contribution in [0, 0.1) is 6.92 Å². The zero-order chi connectivity index (χ0) is 19.1. The third-order valence-corrected chi connectivity index (χ3v) is 6.23. The molecule has 1 aliphatic rings. The van der Waals surface area contributed by atoms with E-state index >= 15 is 0 Å². The number of fused-ring (bicyclic) bond motifs is 1. The quantitative estimate of drug-likeness (QED) is 0.858. The first-order valence-corrected chi connectivity index (χ1v) is 10.1. The van der Waals surface area contributed by atoms with Crippen molar-refractivity contribution in [3.63, 3.8) is 0 Å². The Kier molecular flexibility index (Phi) is 4.74. The minimum Gasteiger partial charge on any atom is -0.444 e. The van der Waals surface area contributed by atoms with Crippen molar-refractivity contribution >= 4 is 27.0 Å². The van der Waals surface area contributed by atoms with E-state index in [-0.39, 0.29) is 17.5 Å². The van der Waals surface area contributed by atoms with Gasteiger partial charge in [0.15, 0.2) is 0 Å². The first-order chi connectivity index (χ1) is 12.1. The molecule has 26 heavy (non-hydrogen) atoms. The molecule has 1 atom stereocenters. The van der Waals surface area contributed by atoms with Gasteiger partial charge < -0.3 is 15.0 Å². The molecule has 0 unspecified atom stereocenters. The Balaban J connectivity index is 1.72. The highest BCUT2D eigenvalue weighted by Gasteiger charge is 2.34. The summed E-state index contributed by atoms with van der Waals surface area (Å²) in [5.74, 6) is 0. The van der Waals surface area contributed by atoms with Gasteiger partial charge in [0, 0.05) is 36.2 Å². The highest BCUT2D eigenvalue weighted by atomic mass is 32.2. The molecule has 0 radical (unpaired) electrons. The van der Waals surface area contributed by atoms with Crippen LogP contribution in [-0.2, 0) is 14.8 Å². The summed E-state index contributed by atoms with van der Waals surface area (Å²) in [5.41, 5.74) is 1.33. The van der Waals surface area contributed by atoms with Crippen molar-refractivity contribution in [3.8, 4) is 0 Å². The molecule has 0 aliphatic carbocycles. The number of H-pyrrole nitrogens is 1. The highest BCUT2D eigenvalue weighted by molar-refractivity contribution is 7.89. The second-order valence-corrected chi connectivity index (χ2v) is 9.61. The van der Waals surface area contributed by atoms with Gasteiger partial charge in [0.05, 0.1) is 4.90 Å². The molecule has 0 spiro atoms. The van der Waals surface area contributed by atoms with Crippen LogP contribution in [0.25, 0.3) is 10.9 Å². The SMILES string of the molecule is Cc1c[nH]c2ccc(S(=O)(=O)N3CC[C@@H](NC(=O)OC(C)(C)C)C3)cc12. The normalized spacial score (nSPS) is 19.0. The Labute approximate surface area is 153 Å². The molecule has 1 aromatic heterocycles. The van der Waals surface area contributed by atoms with E-state index in [9.17, 15) is 13.2 Å². The Morgan fingerprint density at radius 1 is 1.35 bits per heavy atom. The second-order valence-electron chi connectivity index (χ2n) is 7.67. The predicted molar refractivity (Wildman–Crippen MR) is 99.6 cm³/mol. The Hall–Kier alpha value is -2.06. The van der Waals surface area contributed by atoms with Crippen LogP contribution in [0.1, 0.15) is 32.8 Å². The molecule has 7 nitrogen and oxygen atoms in total. The van der Waals surface area contributed by atoms with Gasteiger partial charge >= 0.3 is 6.09 Å². The lowest BCUT2D eigenvalue weighted by Gasteiger charge is -2.22. The molecule has 1 aromatic carbocycles. The molecule has 3 rings (SSSR count). The number of ether oxygens (including phenoxy) is 1. The largest absolute Gasteiger partial charge is 0.444 e. The topological polar surface area (TPSA) is 91.5 Å². The van der Waals surface area contributed by atoms with Crippen LogP contribution in [-0.4, -0.2) is 48.5 Å². The molecule has 1 fully saturated rings. The maximum Gasteiger partial charge on any atom is 0.407 e. The van der Waals surface area contributed by atoms with E-state index in [0.717, 1.165) is 16.5 Å². The van der Waals surface area contributed by atoms with Crippen molar-refractivity contribution in [3.05, 3.63) is 30.0 Å². The lowest BCUT2D eigenvalue weighted by atomic mass is 10.2. The molecule has 0 bridgehead atoms. The van der Waals surface area contributed by atoms with E-state index in [4.69, 9.17) is 4.74 Å². The molecule has 8 heteroatoms. The van der Waals surface area contributed by atoms with Crippen LogP contribution in [0.2, 0.25) is 0 Å². The number of carbonyl (C=O) groups is 1. The molecule has 0 saturated carbocycles. The molecule has 2 heterocycles. The second kappa shape index (κ2) is 6.59. The average molecular weight is 379 g/mol. The fourth-order valence-electron chi connectivity index (χ4n) is 3.09. The number of nitrogens with zero attached hydrogens (tertiary/aromatic N) is 1. The van der Waals surface area contributed by atoms with Crippen LogP contribution in [0.3, 0.4) is 0 Å².